The number of barbiturate groups is 1. The Labute approximate surface area is 172 Å². The Hall–Kier alpha value is -4.07. The molecule has 1 fully saturated rings. The molecule has 0 unspecified atom stereocenters. The number of carbonyl (C=O) groups is 4. The summed E-state index contributed by atoms with van der Waals surface area (Å²) in [6.45, 7) is 3.48. The molecule has 0 bridgehead atoms. The summed E-state index contributed by atoms with van der Waals surface area (Å²) in [5.41, 5.74) is 1.93. The number of hydrogen-bond donors (Lipinski definition) is 1. The van der Waals surface area contributed by atoms with Gasteiger partial charge in [0.15, 0.2) is 0 Å². The molecule has 2 aromatic rings. The molecule has 0 saturated carbocycles. The molecule has 8 heteroatoms. The van der Waals surface area contributed by atoms with Gasteiger partial charge in [-0.25, -0.2) is 9.69 Å². The predicted molar refractivity (Wildman–Crippen MR) is 111 cm³/mol. The normalized spacial score (nSPS) is 20.7. The van der Waals surface area contributed by atoms with Gasteiger partial charge in [-0.3, -0.25) is 19.7 Å². The van der Waals surface area contributed by atoms with Gasteiger partial charge in [0.25, 0.3) is 17.7 Å². The molecule has 8 nitrogen and oxygen atoms in total. The fourth-order valence-corrected chi connectivity index (χ4v) is 3.37. The average Bonchev–Trinajstić information content (AvgIpc) is 2.99. The molecule has 2 heterocycles. The standard InChI is InChI=1S/C22H18N4O4/c1-13-7-6-10-16(11-13)25-20(28)18(19(27)23-22(25)30)12-17-14(2)24-26(21(17)29)15-8-4-3-5-9-15/h3-12,17H,1-2H3,(H,23,27,30)/b18-12-/t17-/m0/s1. The number of hydrazone groups is 1. The topological polar surface area (TPSA) is 99.2 Å². The second-order valence-corrected chi connectivity index (χ2v) is 7.02. The van der Waals surface area contributed by atoms with Crippen LogP contribution < -0.4 is 15.2 Å². The smallest absolute Gasteiger partial charge is 0.273 e. The van der Waals surface area contributed by atoms with Gasteiger partial charge in [-0.1, -0.05) is 30.3 Å². The summed E-state index contributed by atoms with van der Waals surface area (Å²) in [6.07, 6.45) is 1.27. The van der Waals surface area contributed by atoms with E-state index in [-0.39, 0.29) is 11.5 Å². The minimum atomic E-state index is -0.887. The van der Waals surface area contributed by atoms with Crippen molar-refractivity contribution in [1.82, 2.24) is 5.32 Å². The van der Waals surface area contributed by atoms with Crippen LogP contribution in [-0.2, 0) is 14.4 Å². The highest BCUT2D eigenvalue weighted by atomic mass is 16.2. The third kappa shape index (κ3) is 3.28. The molecule has 2 aromatic carbocycles. The van der Waals surface area contributed by atoms with Crippen LogP contribution in [0.15, 0.2) is 71.3 Å². The quantitative estimate of drug-likeness (QED) is 0.630. The fourth-order valence-electron chi connectivity index (χ4n) is 3.37. The molecule has 0 spiro atoms. The van der Waals surface area contributed by atoms with Gasteiger partial charge in [-0.05, 0) is 49.8 Å². The number of carbonyl (C=O) groups excluding carboxylic acids is 4. The van der Waals surface area contributed by atoms with Gasteiger partial charge < -0.3 is 0 Å². The minimum Gasteiger partial charge on any atom is -0.273 e. The maximum Gasteiger partial charge on any atom is 0.335 e. The molecular weight excluding hydrogens is 384 g/mol. The lowest BCUT2D eigenvalue weighted by atomic mass is 9.98. The van der Waals surface area contributed by atoms with E-state index in [2.05, 4.69) is 10.4 Å². The molecule has 1 saturated heterocycles. The lowest BCUT2D eigenvalue weighted by Crippen LogP contribution is -2.54. The summed E-state index contributed by atoms with van der Waals surface area (Å²) in [5, 5.41) is 7.68. The number of imide groups is 2. The Morgan fingerprint density at radius 1 is 0.933 bits per heavy atom. The number of rotatable bonds is 3. The number of anilines is 2. The van der Waals surface area contributed by atoms with Gasteiger partial charge in [0.2, 0.25) is 0 Å². The maximum absolute atomic E-state index is 13.0. The SMILES string of the molecule is CC1=NN(c2ccccc2)C(=O)[C@H]1/C=C1/C(=O)NC(=O)N(c2cccc(C)c2)C1=O. The van der Waals surface area contributed by atoms with Crippen LogP contribution in [0.1, 0.15) is 12.5 Å². The van der Waals surface area contributed by atoms with Crippen LogP contribution in [0.2, 0.25) is 0 Å². The largest absolute Gasteiger partial charge is 0.335 e. The Balaban J connectivity index is 1.68. The molecule has 2 aliphatic rings. The highest BCUT2D eigenvalue weighted by Gasteiger charge is 2.40. The Bertz CT molecular complexity index is 1140. The Morgan fingerprint density at radius 3 is 2.33 bits per heavy atom. The number of amides is 5. The maximum atomic E-state index is 13.0. The van der Waals surface area contributed by atoms with Crippen LogP contribution in [0, 0.1) is 12.8 Å². The van der Waals surface area contributed by atoms with Crippen LogP contribution in [0.4, 0.5) is 16.2 Å². The van der Waals surface area contributed by atoms with Crippen LogP contribution in [0.25, 0.3) is 0 Å². The van der Waals surface area contributed by atoms with E-state index in [1.54, 1.807) is 49.4 Å². The zero-order valence-corrected chi connectivity index (χ0v) is 16.3. The van der Waals surface area contributed by atoms with Crippen molar-refractivity contribution in [2.75, 3.05) is 9.91 Å². The van der Waals surface area contributed by atoms with E-state index in [1.165, 1.54) is 11.1 Å². The number of nitrogens with one attached hydrogen (secondary N) is 1. The molecule has 0 aliphatic carbocycles. The van der Waals surface area contributed by atoms with Crippen molar-refractivity contribution in [3.63, 3.8) is 0 Å². The third-order valence-electron chi connectivity index (χ3n) is 4.88. The van der Waals surface area contributed by atoms with Crippen molar-refractivity contribution in [2.45, 2.75) is 13.8 Å². The second-order valence-electron chi connectivity index (χ2n) is 7.02. The lowest BCUT2D eigenvalue weighted by Gasteiger charge is -2.27. The number of benzene rings is 2. The van der Waals surface area contributed by atoms with Gasteiger partial charge >= 0.3 is 6.03 Å². The number of urea groups is 1. The summed E-state index contributed by atoms with van der Waals surface area (Å²) < 4.78 is 0. The van der Waals surface area contributed by atoms with Crippen LogP contribution in [-0.4, -0.2) is 29.5 Å². The minimum absolute atomic E-state index is 0.279. The van der Waals surface area contributed by atoms with Crippen molar-refractivity contribution in [2.24, 2.45) is 11.0 Å². The van der Waals surface area contributed by atoms with Crippen molar-refractivity contribution < 1.29 is 19.2 Å². The predicted octanol–water partition coefficient (Wildman–Crippen LogP) is 2.54. The van der Waals surface area contributed by atoms with E-state index >= 15 is 0 Å². The highest BCUT2D eigenvalue weighted by Crippen LogP contribution is 2.27. The second kappa shape index (κ2) is 7.40. The van der Waals surface area contributed by atoms with E-state index in [4.69, 9.17) is 0 Å². The zero-order valence-electron chi connectivity index (χ0n) is 16.3. The van der Waals surface area contributed by atoms with Gasteiger partial charge in [0, 0.05) is 0 Å². The average molecular weight is 402 g/mol. The Morgan fingerprint density at radius 2 is 1.63 bits per heavy atom. The molecular formula is C22H18N4O4. The van der Waals surface area contributed by atoms with Gasteiger partial charge in [0.1, 0.15) is 5.57 Å². The first-order valence-corrected chi connectivity index (χ1v) is 9.29. The van der Waals surface area contributed by atoms with Crippen molar-refractivity contribution in [3.05, 3.63) is 71.8 Å². The fraction of sp³-hybridized carbons (Fsp3) is 0.136. The van der Waals surface area contributed by atoms with Gasteiger partial charge in [-0.2, -0.15) is 10.1 Å². The van der Waals surface area contributed by atoms with E-state index in [1.807, 2.05) is 19.1 Å². The first kappa shape index (κ1) is 19.3. The number of hydrogen-bond acceptors (Lipinski definition) is 5. The summed E-state index contributed by atoms with van der Waals surface area (Å²) in [6, 6.07) is 14.8. The highest BCUT2D eigenvalue weighted by molar-refractivity contribution is 6.38. The number of aryl methyl sites for hydroxylation is 1. The van der Waals surface area contributed by atoms with Gasteiger partial charge in [0.05, 0.1) is 23.0 Å². The van der Waals surface area contributed by atoms with Crippen LogP contribution in [0.5, 0.6) is 0 Å². The number of para-hydroxylation sites is 1. The van der Waals surface area contributed by atoms with Crippen molar-refractivity contribution in [1.29, 1.82) is 0 Å². The molecule has 30 heavy (non-hydrogen) atoms. The summed E-state index contributed by atoms with van der Waals surface area (Å²) in [4.78, 5) is 51.5. The molecule has 0 radical (unpaired) electrons. The van der Waals surface area contributed by atoms with E-state index in [0.717, 1.165) is 10.5 Å². The summed E-state index contributed by atoms with van der Waals surface area (Å²) in [7, 11) is 0. The molecule has 4 rings (SSSR count). The summed E-state index contributed by atoms with van der Waals surface area (Å²) >= 11 is 0. The molecule has 150 valence electrons. The third-order valence-corrected chi connectivity index (χ3v) is 4.88. The molecule has 1 atom stereocenters. The zero-order chi connectivity index (χ0) is 21.4. The Kier molecular flexibility index (Phi) is 4.75. The van der Waals surface area contributed by atoms with Crippen molar-refractivity contribution >= 4 is 40.8 Å². The molecule has 0 aromatic heterocycles. The molecule has 2 aliphatic heterocycles. The first-order valence-electron chi connectivity index (χ1n) is 9.29. The molecule has 5 amide bonds. The van der Waals surface area contributed by atoms with Crippen molar-refractivity contribution in [3.8, 4) is 0 Å². The number of nitrogens with zero attached hydrogens (tertiary/aromatic N) is 3. The van der Waals surface area contributed by atoms with E-state index in [9.17, 15) is 19.2 Å². The van der Waals surface area contributed by atoms with E-state index in [0.29, 0.717) is 17.1 Å². The molecule has 1 N–H and O–H groups in total. The van der Waals surface area contributed by atoms with Crippen LogP contribution in [0.3, 0.4) is 0 Å². The lowest BCUT2D eigenvalue weighted by molar-refractivity contribution is -0.122. The summed E-state index contributed by atoms with van der Waals surface area (Å²) in [5.74, 6) is -2.89. The van der Waals surface area contributed by atoms with Gasteiger partial charge in [-0.15, -0.1) is 0 Å². The van der Waals surface area contributed by atoms with E-state index < -0.39 is 23.8 Å². The first-order chi connectivity index (χ1) is 14.4. The van der Waals surface area contributed by atoms with Crippen LogP contribution >= 0.6 is 0 Å². The monoisotopic (exact) mass is 402 g/mol.